The second-order valence-electron chi connectivity index (χ2n) is 8.10. The van der Waals surface area contributed by atoms with E-state index in [0.717, 1.165) is 49.7 Å². The summed E-state index contributed by atoms with van der Waals surface area (Å²) in [4.78, 5) is 16.2. The van der Waals surface area contributed by atoms with E-state index in [9.17, 15) is 0 Å². The minimum atomic E-state index is 0.341. The highest BCUT2D eigenvalue weighted by molar-refractivity contribution is 5.56. The van der Waals surface area contributed by atoms with Crippen LogP contribution in [0, 0.1) is 6.92 Å². The standard InChI is InChI=1S/C23H30N6/c1-17(2)29-18(3)25-15-22(29)21-9-12-24-23(27-21)26-20-10-13-28(14-11-20)16-19-7-5-4-6-8-19/h4-9,12,15,17,20H,10-11,13-14,16H2,1-3H3,(H,24,26,27). The average molecular weight is 391 g/mol. The maximum absolute atomic E-state index is 4.78. The molecule has 1 saturated heterocycles. The van der Waals surface area contributed by atoms with E-state index in [1.807, 2.05) is 25.4 Å². The summed E-state index contributed by atoms with van der Waals surface area (Å²) >= 11 is 0. The summed E-state index contributed by atoms with van der Waals surface area (Å²) in [5.41, 5.74) is 3.34. The van der Waals surface area contributed by atoms with Crippen molar-refractivity contribution in [3.8, 4) is 11.4 Å². The third kappa shape index (κ3) is 4.65. The summed E-state index contributed by atoms with van der Waals surface area (Å²) in [6.45, 7) is 9.58. The molecule has 6 heteroatoms. The molecule has 1 aliphatic rings. The molecule has 0 radical (unpaired) electrons. The number of piperidine rings is 1. The van der Waals surface area contributed by atoms with Gasteiger partial charge in [-0.1, -0.05) is 30.3 Å². The molecule has 1 aliphatic heterocycles. The highest BCUT2D eigenvalue weighted by atomic mass is 15.2. The second-order valence-corrected chi connectivity index (χ2v) is 8.10. The van der Waals surface area contributed by atoms with E-state index >= 15 is 0 Å². The first-order chi connectivity index (χ1) is 14.1. The van der Waals surface area contributed by atoms with Crippen LogP contribution in [0.5, 0.6) is 0 Å². The molecule has 0 spiro atoms. The zero-order valence-corrected chi connectivity index (χ0v) is 17.5. The van der Waals surface area contributed by atoms with Crippen molar-refractivity contribution in [1.29, 1.82) is 0 Å². The van der Waals surface area contributed by atoms with Crippen molar-refractivity contribution in [2.24, 2.45) is 0 Å². The van der Waals surface area contributed by atoms with Gasteiger partial charge in [-0.05, 0) is 45.2 Å². The molecule has 6 nitrogen and oxygen atoms in total. The Morgan fingerprint density at radius 3 is 2.55 bits per heavy atom. The van der Waals surface area contributed by atoms with Crippen LogP contribution in [0.4, 0.5) is 5.95 Å². The van der Waals surface area contributed by atoms with Gasteiger partial charge in [-0.3, -0.25) is 4.90 Å². The molecule has 3 heterocycles. The Labute approximate surface area is 173 Å². The normalized spacial score (nSPS) is 15.7. The van der Waals surface area contributed by atoms with Crippen molar-refractivity contribution in [3.05, 3.63) is 60.2 Å². The van der Waals surface area contributed by atoms with Crippen molar-refractivity contribution < 1.29 is 0 Å². The van der Waals surface area contributed by atoms with Gasteiger partial charge in [0.2, 0.25) is 5.95 Å². The SMILES string of the molecule is Cc1ncc(-c2ccnc(NC3CCN(Cc4ccccc4)CC3)n2)n1C(C)C. The minimum absolute atomic E-state index is 0.341. The quantitative estimate of drug-likeness (QED) is 0.680. The van der Waals surface area contributed by atoms with Crippen LogP contribution in [0.3, 0.4) is 0 Å². The van der Waals surface area contributed by atoms with E-state index in [-0.39, 0.29) is 0 Å². The van der Waals surface area contributed by atoms with Crippen molar-refractivity contribution in [1.82, 2.24) is 24.4 Å². The predicted molar refractivity (Wildman–Crippen MR) is 117 cm³/mol. The molecule has 0 unspecified atom stereocenters. The fraction of sp³-hybridized carbons (Fsp3) is 0.435. The molecule has 152 valence electrons. The number of aryl methyl sites for hydroxylation is 1. The van der Waals surface area contributed by atoms with E-state index < -0.39 is 0 Å². The molecule has 1 N–H and O–H groups in total. The van der Waals surface area contributed by atoms with Gasteiger partial charge in [0.05, 0.1) is 17.6 Å². The van der Waals surface area contributed by atoms with Gasteiger partial charge in [-0.2, -0.15) is 0 Å². The van der Waals surface area contributed by atoms with Crippen LogP contribution in [0.25, 0.3) is 11.4 Å². The van der Waals surface area contributed by atoms with Crippen molar-refractivity contribution in [2.75, 3.05) is 18.4 Å². The molecule has 0 saturated carbocycles. The average Bonchev–Trinajstić information content (AvgIpc) is 3.12. The number of benzene rings is 1. The van der Waals surface area contributed by atoms with Crippen LogP contribution in [-0.4, -0.2) is 43.6 Å². The third-order valence-electron chi connectivity index (χ3n) is 5.59. The van der Waals surface area contributed by atoms with Gasteiger partial charge in [0.1, 0.15) is 5.82 Å². The Bertz CT molecular complexity index is 926. The largest absolute Gasteiger partial charge is 0.351 e. The molecule has 0 bridgehead atoms. The van der Waals surface area contributed by atoms with Crippen LogP contribution in [0.2, 0.25) is 0 Å². The van der Waals surface area contributed by atoms with Gasteiger partial charge in [0, 0.05) is 37.9 Å². The Balaban J connectivity index is 1.38. The van der Waals surface area contributed by atoms with Gasteiger partial charge in [-0.25, -0.2) is 15.0 Å². The monoisotopic (exact) mass is 390 g/mol. The summed E-state index contributed by atoms with van der Waals surface area (Å²) in [7, 11) is 0. The Morgan fingerprint density at radius 2 is 1.83 bits per heavy atom. The molecule has 1 aromatic carbocycles. The van der Waals surface area contributed by atoms with Gasteiger partial charge in [0.15, 0.2) is 0 Å². The topological polar surface area (TPSA) is 58.9 Å². The van der Waals surface area contributed by atoms with Crippen molar-refractivity contribution in [2.45, 2.75) is 52.2 Å². The third-order valence-corrected chi connectivity index (χ3v) is 5.59. The number of nitrogens with one attached hydrogen (secondary N) is 1. The lowest BCUT2D eigenvalue weighted by Gasteiger charge is -2.32. The first-order valence-corrected chi connectivity index (χ1v) is 10.5. The summed E-state index contributed by atoms with van der Waals surface area (Å²) in [6.07, 6.45) is 5.94. The molecule has 3 aromatic rings. The van der Waals surface area contributed by atoms with Gasteiger partial charge < -0.3 is 9.88 Å². The Hall–Kier alpha value is -2.73. The number of rotatable bonds is 6. The number of hydrogen-bond acceptors (Lipinski definition) is 5. The van der Waals surface area contributed by atoms with Gasteiger partial charge in [0.25, 0.3) is 0 Å². The molecule has 0 aliphatic carbocycles. The first-order valence-electron chi connectivity index (χ1n) is 10.5. The summed E-state index contributed by atoms with van der Waals surface area (Å²) in [6, 6.07) is 13.4. The molecule has 2 aromatic heterocycles. The predicted octanol–water partition coefficient (Wildman–Crippen LogP) is 4.31. The molecular formula is C23H30N6. The smallest absolute Gasteiger partial charge is 0.223 e. The fourth-order valence-corrected chi connectivity index (χ4v) is 4.13. The van der Waals surface area contributed by atoms with E-state index in [4.69, 9.17) is 4.98 Å². The lowest BCUT2D eigenvalue weighted by atomic mass is 10.0. The van der Waals surface area contributed by atoms with E-state index in [1.54, 1.807) is 0 Å². The zero-order chi connectivity index (χ0) is 20.2. The number of anilines is 1. The molecule has 1 fully saturated rings. The summed E-state index contributed by atoms with van der Waals surface area (Å²) in [5, 5.41) is 3.55. The summed E-state index contributed by atoms with van der Waals surface area (Å²) in [5.74, 6) is 1.71. The van der Waals surface area contributed by atoms with E-state index in [0.29, 0.717) is 18.0 Å². The molecular weight excluding hydrogens is 360 g/mol. The zero-order valence-electron chi connectivity index (χ0n) is 17.5. The minimum Gasteiger partial charge on any atom is -0.351 e. The molecule has 29 heavy (non-hydrogen) atoms. The maximum Gasteiger partial charge on any atom is 0.223 e. The maximum atomic E-state index is 4.78. The Morgan fingerprint density at radius 1 is 1.07 bits per heavy atom. The molecule has 0 amide bonds. The number of nitrogens with zero attached hydrogens (tertiary/aromatic N) is 5. The van der Waals surface area contributed by atoms with E-state index in [2.05, 4.69) is 68.9 Å². The lowest BCUT2D eigenvalue weighted by molar-refractivity contribution is 0.211. The first kappa shape index (κ1) is 19.6. The second kappa shape index (κ2) is 8.74. The highest BCUT2D eigenvalue weighted by Gasteiger charge is 2.20. The van der Waals surface area contributed by atoms with Crippen molar-refractivity contribution in [3.63, 3.8) is 0 Å². The molecule has 4 rings (SSSR count). The van der Waals surface area contributed by atoms with Crippen LogP contribution in [0.15, 0.2) is 48.8 Å². The lowest BCUT2D eigenvalue weighted by Crippen LogP contribution is -2.38. The number of hydrogen-bond donors (Lipinski definition) is 1. The molecule has 0 atom stereocenters. The highest BCUT2D eigenvalue weighted by Crippen LogP contribution is 2.24. The van der Waals surface area contributed by atoms with Crippen LogP contribution in [0.1, 0.15) is 44.1 Å². The van der Waals surface area contributed by atoms with Gasteiger partial charge >= 0.3 is 0 Å². The van der Waals surface area contributed by atoms with Crippen molar-refractivity contribution >= 4 is 5.95 Å². The number of likely N-dealkylation sites (tertiary alicyclic amines) is 1. The van der Waals surface area contributed by atoms with Gasteiger partial charge in [-0.15, -0.1) is 0 Å². The fourth-order valence-electron chi connectivity index (χ4n) is 4.13. The summed E-state index contributed by atoms with van der Waals surface area (Å²) < 4.78 is 2.22. The van der Waals surface area contributed by atoms with E-state index in [1.165, 1.54) is 5.56 Å². The number of imidazole rings is 1. The van der Waals surface area contributed by atoms with Crippen LogP contribution < -0.4 is 5.32 Å². The van der Waals surface area contributed by atoms with Crippen LogP contribution >= 0.6 is 0 Å². The van der Waals surface area contributed by atoms with Crippen LogP contribution in [-0.2, 0) is 6.54 Å². The number of aromatic nitrogens is 4. The Kier molecular flexibility index (Phi) is 5.90.